The molecule has 6 heteroatoms. The average molecular weight is 457 g/mol. The van der Waals surface area contributed by atoms with Gasteiger partial charge in [0.05, 0.1) is 6.61 Å². The molecule has 34 heavy (non-hydrogen) atoms. The smallest absolute Gasteiger partial charge is 0.328 e. The van der Waals surface area contributed by atoms with Crippen molar-refractivity contribution in [3.05, 3.63) is 96.1 Å². The molecule has 0 unspecified atom stereocenters. The van der Waals surface area contributed by atoms with Crippen LogP contribution < -0.4 is 0 Å². The summed E-state index contributed by atoms with van der Waals surface area (Å²) in [5, 5.41) is 9.85. The summed E-state index contributed by atoms with van der Waals surface area (Å²) in [6, 6.07) is 26.6. The zero-order valence-electron chi connectivity index (χ0n) is 19.0. The van der Waals surface area contributed by atoms with Gasteiger partial charge in [-0.25, -0.2) is 4.79 Å². The summed E-state index contributed by atoms with van der Waals surface area (Å²) in [6.07, 6.45) is 1.16. The third kappa shape index (κ3) is 4.34. The first-order valence-electron chi connectivity index (χ1n) is 11.7. The zero-order valence-corrected chi connectivity index (χ0v) is 19.0. The van der Waals surface area contributed by atoms with Crippen LogP contribution in [0.3, 0.4) is 0 Å². The summed E-state index contributed by atoms with van der Waals surface area (Å²) in [7, 11) is 0. The minimum absolute atomic E-state index is 0.0157. The van der Waals surface area contributed by atoms with Gasteiger partial charge in [-0.2, -0.15) is 0 Å². The molecule has 5 rings (SSSR count). The molecule has 2 fully saturated rings. The number of carboxylic acid groups (broad SMARTS) is 1. The van der Waals surface area contributed by atoms with E-state index in [0.717, 1.165) is 30.8 Å². The van der Waals surface area contributed by atoms with Crippen molar-refractivity contribution in [1.82, 2.24) is 9.80 Å². The molecule has 2 saturated heterocycles. The molecular weight excluding hydrogens is 428 g/mol. The van der Waals surface area contributed by atoms with Gasteiger partial charge in [0, 0.05) is 38.0 Å². The molecule has 2 aliphatic rings. The average Bonchev–Trinajstić information content (AvgIpc) is 3.25. The molecule has 6 nitrogen and oxygen atoms in total. The van der Waals surface area contributed by atoms with E-state index in [9.17, 15) is 14.7 Å². The number of hydrogen-bond donors (Lipinski definition) is 1. The predicted octanol–water partition coefficient (Wildman–Crippen LogP) is 4.27. The molecule has 3 aromatic rings. The maximum absolute atomic E-state index is 13.6. The molecule has 1 N–H and O–H groups in total. The fourth-order valence-corrected chi connectivity index (χ4v) is 5.03. The van der Waals surface area contributed by atoms with Crippen molar-refractivity contribution in [3.63, 3.8) is 0 Å². The largest absolute Gasteiger partial charge is 0.480 e. The van der Waals surface area contributed by atoms with Crippen LogP contribution in [0.15, 0.2) is 84.9 Å². The minimum atomic E-state index is -1.03. The normalized spacial score (nSPS) is 19.9. The number of piperidine rings is 1. The minimum Gasteiger partial charge on any atom is -0.480 e. The van der Waals surface area contributed by atoms with Gasteiger partial charge in [-0.3, -0.25) is 14.6 Å². The van der Waals surface area contributed by atoms with E-state index in [0.29, 0.717) is 18.4 Å². The SMILES string of the molecule is O=C(O)[C@@H]1COC2(CCN(Cc3ccccc3)CC2)N1C(=O)c1ccc(-c2ccccc2)cc1. The number of aliphatic carboxylic acids is 1. The van der Waals surface area contributed by atoms with Gasteiger partial charge in [0.1, 0.15) is 5.72 Å². The molecular formula is C28H28N2O4. The van der Waals surface area contributed by atoms with Crippen molar-refractivity contribution in [2.75, 3.05) is 19.7 Å². The standard InChI is InChI=1S/C28H28N2O4/c31-26(24-13-11-23(12-14-24)22-9-5-2-6-10-22)30-25(27(32)33)20-34-28(30)15-17-29(18-16-28)19-21-7-3-1-4-8-21/h1-14,25H,15-20H2,(H,32,33)/t25-/m0/s1. The second kappa shape index (κ2) is 9.41. The first-order chi connectivity index (χ1) is 16.6. The van der Waals surface area contributed by atoms with Gasteiger partial charge < -0.3 is 9.84 Å². The number of rotatable bonds is 5. The predicted molar refractivity (Wildman–Crippen MR) is 129 cm³/mol. The van der Waals surface area contributed by atoms with Crippen molar-refractivity contribution < 1.29 is 19.4 Å². The van der Waals surface area contributed by atoms with Gasteiger partial charge in [-0.1, -0.05) is 72.8 Å². The number of amides is 1. The van der Waals surface area contributed by atoms with Crippen molar-refractivity contribution in [2.24, 2.45) is 0 Å². The highest BCUT2D eigenvalue weighted by atomic mass is 16.5. The lowest BCUT2D eigenvalue weighted by Crippen LogP contribution is -2.58. The number of nitrogens with zero attached hydrogens (tertiary/aromatic N) is 2. The molecule has 1 atom stereocenters. The lowest BCUT2D eigenvalue weighted by Gasteiger charge is -2.44. The molecule has 0 aliphatic carbocycles. The Balaban J connectivity index is 1.35. The lowest BCUT2D eigenvalue weighted by atomic mass is 9.96. The van der Waals surface area contributed by atoms with E-state index in [2.05, 4.69) is 17.0 Å². The van der Waals surface area contributed by atoms with Crippen LogP contribution in [0.5, 0.6) is 0 Å². The number of likely N-dealkylation sites (tertiary alicyclic amines) is 1. The van der Waals surface area contributed by atoms with Crippen LogP contribution in [-0.2, 0) is 16.1 Å². The Hall–Kier alpha value is -3.48. The summed E-state index contributed by atoms with van der Waals surface area (Å²) < 4.78 is 6.10. The summed E-state index contributed by atoms with van der Waals surface area (Å²) in [5.41, 5.74) is 2.90. The Kier molecular flexibility index (Phi) is 6.18. The van der Waals surface area contributed by atoms with E-state index in [1.165, 1.54) is 10.5 Å². The Morgan fingerprint density at radius 1 is 0.853 bits per heavy atom. The number of carboxylic acids is 1. The highest BCUT2D eigenvalue weighted by molar-refractivity contribution is 5.98. The fourth-order valence-electron chi connectivity index (χ4n) is 5.03. The van der Waals surface area contributed by atoms with Crippen molar-refractivity contribution in [1.29, 1.82) is 0 Å². The molecule has 0 radical (unpaired) electrons. The quantitative estimate of drug-likeness (QED) is 0.621. The summed E-state index contributed by atoms with van der Waals surface area (Å²) in [6.45, 7) is 2.31. The van der Waals surface area contributed by atoms with Crippen LogP contribution in [0.25, 0.3) is 11.1 Å². The number of ether oxygens (including phenoxy) is 1. The first kappa shape index (κ1) is 22.3. The first-order valence-corrected chi connectivity index (χ1v) is 11.7. The van der Waals surface area contributed by atoms with E-state index in [4.69, 9.17) is 4.74 Å². The Labute approximate surface area is 199 Å². The van der Waals surface area contributed by atoms with Crippen LogP contribution in [0.2, 0.25) is 0 Å². The van der Waals surface area contributed by atoms with Crippen LogP contribution in [0.1, 0.15) is 28.8 Å². The third-order valence-corrected chi connectivity index (χ3v) is 6.89. The van der Waals surface area contributed by atoms with E-state index < -0.39 is 17.7 Å². The fraction of sp³-hybridized carbons (Fsp3) is 0.286. The molecule has 0 aromatic heterocycles. The summed E-state index contributed by atoms with van der Waals surface area (Å²) in [5.74, 6) is -1.32. The van der Waals surface area contributed by atoms with Gasteiger partial charge in [0.15, 0.2) is 6.04 Å². The third-order valence-electron chi connectivity index (χ3n) is 6.89. The zero-order chi connectivity index (χ0) is 23.5. The van der Waals surface area contributed by atoms with Crippen molar-refractivity contribution in [3.8, 4) is 11.1 Å². The van der Waals surface area contributed by atoms with Crippen LogP contribution in [0, 0.1) is 0 Å². The van der Waals surface area contributed by atoms with Crippen LogP contribution in [-0.4, -0.2) is 58.2 Å². The molecule has 3 aromatic carbocycles. The van der Waals surface area contributed by atoms with Crippen molar-refractivity contribution in [2.45, 2.75) is 31.2 Å². The van der Waals surface area contributed by atoms with Crippen LogP contribution >= 0.6 is 0 Å². The molecule has 1 spiro atoms. The Morgan fingerprint density at radius 3 is 2.06 bits per heavy atom. The van der Waals surface area contributed by atoms with Gasteiger partial charge in [-0.15, -0.1) is 0 Å². The summed E-state index contributed by atoms with van der Waals surface area (Å²) >= 11 is 0. The molecule has 0 saturated carbocycles. The van der Waals surface area contributed by atoms with E-state index in [1.807, 2.05) is 60.7 Å². The molecule has 2 aliphatic heterocycles. The molecule has 174 valence electrons. The highest BCUT2D eigenvalue weighted by Gasteiger charge is 2.54. The van der Waals surface area contributed by atoms with E-state index in [-0.39, 0.29) is 12.5 Å². The van der Waals surface area contributed by atoms with Crippen LogP contribution in [0.4, 0.5) is 0 Å². The number of benzene rings is 3. The highest BCUT2D eigenvalue weighted by Crippen LogP contribution is 2.39. The number of carbonyl (C=O) groups is 2. The maximum Gasteiger partial charge on any atom is 0.328 e. The molecule has 2 heterocycles. The maximum atomic E-state index is 13.6. The topological polar surface area (TPSA) is 70.1 Å². The van der Waals surface area contributed by atoms with Gasteiger partial charge >= 0.3 is 5.97 Å². The van der Waals surface area contributed by atoms with E-state index in [1.54, 1.807) is 12.1 Å². The van der Waals surface area contributed by atoms with E-state index >= 15 is 0 Å². The second-order valence-corrected chi connectivity index (χ2v) is 8.99. The Bertz CT molecular complexity index is 1140. The number of hydrogen-bond acceptors (Lipinski definition) is 4. The van der Waals surface area contributed by atoms with Gasteiger partial charge in [-0.05, 0) is 28.8 Å². The van der Waals surface area contributed by atoms with Gasteiger partial charge in [0.2, 0.25) is 0 Å². The molecule has 0 bridgehead atoms. The Morgan fingerprint density at radius 2 is 1.44 bits per heavy atom. The lowest BCUT2D eigenvalue weighted by molar-refractivity contribution is -0.144. The monoisotopic (exact) mass is 456 g/mol. The number of carbonyl (C=O) groups excluding carboxylic acids is 1. The van der Waals surface area contributed by atoms with Crippen molar-refractivity contribution >= 4 is 11.9 Å². The second-order valence-electron chi connectivity index (χ2n) is 8.99. The van der Waals surface area contributed by atoms with Gasteiger partial charge in [0.25, 0.3) is 5.91 Å². The molecule has 1 amide bonds. The summed E-state index contributed by atoms with van der Waals surface area (Å²) in [4.78, 5) is 29.5.